The van der Waals surface area contributed by atoms with Gasteiger partial charge in [0.25, 0.3) is 0 Å². The number of ether oxygens (including phenoxy) is 3. The number of nitrogens with one attached hydrogen (secondary N) is 1. The third kappa shape index (κ3) is 4.72. The quantitative estimate of drug-likeness (QED) is 0.621. The monoisotopic (exact) mass is 434 g/mol. The van der Waals surface area contributed by atoms with Crippen molar-refractivity contribution in [3.8, 4) is 11.5 Å². The highest BCUT2D eigenvalue weighted by atomic mass is 16.5. The molecule has 7 heteroatoms. The van der Waals surface area contributed by atoms with Crippen molar-refractivity contribution in [1.29, 1.82) is 0 Å². The zero-order valence-electron chi connectivity index (χ0n) is 18.5. The summed E-state index contributed by atoms with van der Waals surface area (Å²) in [6, 6.07) is 12.8. The minimum absolute atomic E-state index is 0.184. The largest absolute Gasteiger partial charge is 0.497 e. The summed E-state index contributed by atoms with van der Waals surface area (Å²) in [6.07, 6.45) is 7.80. The first-order chi connectivity index (χ1) is 15.8. The first kappa shape index (κ1) is 20.8. The van der Waals surface area contributed by atoms with Crippen LogP contribution in [0.4, 0.5) is 11.4 Å². The predicted molar refractivity (Wildman–Crippen MR) is 126 cm³/mol. The highest BCUT2D eigenvalue weighted by Gasteiger charge is 2.24. The number of morpholine rings is 1. The van der Waals surface area contributed by atoms with Gasteiger partial charge in [-0.3, -0.25) is 4.98 Å². The Labute approximate surface area is 188 Å². The Hall–Kier alpha value is -3.06. The van der Waals surface area contributed by atoms with Gasteiger partial charge in [0.05, 0.1) is 31.9 Å². The van der Waals surface area contributed by atoms with Gasteiger partial charge in [-0.25, -0.2) is 4.98 Å². The third-order valence-electron chi connectivity index (χ3n) is 6.31. The molecule has 0 amide bonds. The van der Waals surface area contributed by atoms with Crippen molar-refractivity contribution in [3.63, 3.8) is 0 Å². The smallest absolute Gasteiger partial charge is 0.149 e. The van der Waals surface area contributed by atoms with Crippen LogP contribution >= 0.6 is 0 Å². The van der Waals surface area contributed by atoms with E-state index in [0.717, 1.165) is 85.9 Å². The molecule has 1 N–H and O–H groups in total. The number of hydrogen-bond acceptors (Lipinski definition) is 7. The zero-order chi connectivity index (χ0) is 21.8. The fraction of sp³-hybridized carbons (Fsp3) is 0.440. The second-order valence-electron chi connectivity index (χ2n) is 8.44. The summed E-state index contributed by atoms with van der Waals surface area (Å²) in [4.78, 5) is 11.4. The Bertz CT molecular complexity index is 1050. The van der Waals surface area contributed by atoms with Crippen molar-refractivity contribution >= 4 is 22.4 Å². The lowest BCUT2D eigenvalue weighted by atomic mass is 9.92. The van der Waals surface area contributed by atoms with Crippen LogP contribution in [0.5, 0.6) is 11.5 Å². The van der Waals surface area contributed by atoms with Crippen LogP contribution in [0.1, 0.15) is 25.7 Å². The van der Waals surface area contributed by atoms with E-state index in [9.17, 15) is 0 Å². The highest BCUT2D eigenvalue weighted by molar-refractivity contribution is 5.85. The summed E-state index contributed by atoms with van der Waals surface area (Å²) >= 11 is 0. The lowest BCUT2D eigenvalue weighted by Crippen LogP contribution is -2.36. The van der Waals surface area contributed by atoms with Gasteiger partial charge >= 0.3 is 0 Å². The molecule has 3 aromatic rings. The lowest BCUT2D eigenvalue weighted by molar-refractivity contribution is 0.122. The highest BCUT2D eigenvalue weighted by Crippen LogP contribution is 2.33. The average Bonchev–Trinajstić information content (AvgIpc) is 2.86. The van der Waals surface area contributed by atoms with Gasteiger partial charge in [-0.15, -0.1) is 0 Å². The van der Waals surface area contributed by atoms with E-state index in [1.54, 1.807) is 19.5 Å². The molecule has 2 fully saturated rings. The van der Waals surface area contributed by atoms with Gasteiger partial charge < -0.3 is 24.4 Å². The fourth-order valence-corrected chi connectivity index (χ4v) is 4.58. The molecule has 0 spiro atoms. The van der Waals surface area contributed by atoms with Gasteiger partial charge in [0, 0.05) is 55.0 Å². The number of methoxy groups -OCH3 is 1. The van der Waals surface area contributed by atoms with Gasteiger partial charge in [0.1, 0.15) is 17.0 Å². The van der Waals surface area contributed by atoms with Gasteiger partial charge in [0.2, 0.25) is 0 Å². The molecule has 5 rings (SSSR count). The van der Waals surface area contributed by atoms with Crippen LogP contribution in [0.2, 0.25) is 0 Å². The lowest BCUT2D eigenvalue weighted by Gasteiger charge is -2.32. The van der Waals surface area contributed by atoms with E-state index in [-0.39, 0.29) is 6.10 Å². The molecule has 1 saturated heterocycles. The number of rotatable bonds is 6. The van der Waals surface area contributed by atoms with Gasteiger partial charge in [-0.1, -0.05) is 6.07 Å². The number of aromatic nitrogens is 2. The summed E-state index contributed by atoms with van der Waals surface area (Å²) in [5, 5.41) is 3.65. The van der Waals surface area contributed by atoms with E-state index in [1.165, 1.54) is 0 Å². The molecule has 2 aromatic carbocycles. The summed E-state index contributed by atoms with van der Waals surface area (Å²) < 4.78 is 17.4. The maximum absolute atomic E-state index is 6.53. The van der Waals surface area contributed by atoms with E-state index in [4.69, 9.17) is 14.2 Å². The van der Waals surface area contributed by atoms with Crippen LogP contribution in [0.3, 0.4) is 0 Å². The summed E-state index contributed by atoms with van der Waals surface area (Å²) in [7, 11) is 1.70. The molecular weight excluding hydrogens is 404 g/mol. The molecule has 1 aliphatic carbocycles. The average molecular weight is 435 g/mol. The number of nitrogens with zero attached hydrogens (tertiary/aromatic N) is 3. The number of fused-ring (bicyclic) bond motifs is 1. The first-order valence-corrected chi connectivity index (χ1v) is 11.4. The number of hydrogen-bond donors (Lipinski definition) is 1. The summed E-state index contributed by atoms with van der Waals surface area (Å²) in [5.74, 6) is 1.71. The molecule has 1 aliphatic heterocycles. The van der Waals surface area contributed by atoms with E-state index in [2.05, 4.69) is 38.4 Å². The molecule has 0 unspecified atom stereocenters. The van der Waals surface area contributed by atoms with Crippen molar-refractivity contribution in [2.24, 2.45) is 0 Å². The third-order valence-corrected chi connectivity index (χ3v) is 6.31. The van der Waals surface area contributed by atoms with Gasteiger partial charge in [0.15, 0.2) is 0 Å². The molecule has 1 saturated carbocycles. The Morgan fingerprint density at radius 1 is 1.00 bits per heavy atom. The van der Waals surface area contributed by atoms with Gasteiger partial charge in [-0.05, 0) is 43.9 Å². The fourth-order valence-electron chi connectivity index (χ4n) is 4.58. The summed E-state index contributed by atoms with van der Waals surface area (Å²) in [6.45, 7) is 3.26. The van der Waals surface area contributed by atoms with Crippen LogP contribution < -0.4 is 19.7 Å². The van der Waals surface area contributed by atoms with Crippen LogP contribution in [-0.2, 0) is 4.74 Å². The second kappa shape index (κ2) is 9.61. The minimum atomic E-state index is 0.184. The molecule has 1 aromatic heterocycles. The molecule has 0 atom stereocenters. The van der Waals surface area contributed by atoms with E-state index in [0.29, 0.717) is 6.04 Å². The van der Waals surface area contributed by atoms with Crippen molar-refractivity contribution < 1.29 is 14.2 Å². The Morgan fingerprint density at radius 3 is 2.62 bits per heavy atom. The summed E-state index contributed by atoms with van der Waals surface area (Å²) in [5.41, 5.74) is 3.94. The Morgan fingerprint density at radius 2 is 1.81 bits per heavy atom. The topological polar surface area (TPSA) is 68.7 Å². The predicted octanol–water partition coefficient (Wildman–Crippen LogP) is 4.28. The van der Waals surface area contributed by atoms with Crippen LogP contribution in [-0.4, -0.2) is 55.5 Å². The van der Waals surface area contributed by atoms with Crippen molar-refractivity contribution in [1.82, 2.24) is 9.97 Å². The SMILES string of the molecule is COc1cccc(N[C@H]2CC[C@@H](Oc3cc(N4CCOCC4)cc4nccnc34)CC2)c1. The zero-order valence-corrected chi connectivity index (χ0v) is 18.5. The van der Waals surface area contributed by atoms with Crippen molar-refractivity contribution in [2.75, 3.05) is 43.6 Å². The molecule has 7 nitrogen and oxygen atoms in total. The van der Waals surface area contributed by atoms with Crippen molar-refractivity contribution in [3.05, 3.63) is 48.8 Å². The standard InChI is InChI=1S/C25H30N4O3/c1-30-22-4-2-3-19(15-22)28-18-5-7-21(8-6-18)32-24-17-20(29-11-13-31-14-12-29)16-23-25(24)27-10-9-26-23/h2-4,9-10,15-18,21,28H,5-8,11-14H2,1H3/t18-,21+. The van der Waals surface area contributed by atoms with E-state index < -0.39 is 0 Å². The molecule has 0 radical (unpaired) electrons. The molecule has 32 heavy (non-hydrogen) atoms. The molecule has 0 bridgehead atoms. The Kier molecular flexibility index (Phi) is 6.25. The maximum atomic E-state index is 6.53. The molecular formula is C25H30N4O3. The first-order valence-electron chi connectivity index (χ1n) is 11.4. The van der Waals surface area contributed by atoms with Gasteiger partial charge in [-0.2, -0.15) is 0 Å². The Balaban J connectivity index is 1.26. The number of anilines is 2. The molecule has 2 heterocycles. The van der Waals surface area contributed by atoms with Crippen LogP contribution in [0, 0.1) is 0 Å². The molecule has 168 valence electrons. The van der Waals surface area contributed by atoms with Crippen LogP contribution in [0.25, 0.3) is 11.0 Å². The number of benzene rings is 2. The normalized spacial score (nSPS) is 21.3. The maximum Gasteiger partial charge on any atom is 0.149 e. The minimum Gasteiger partial charge on any atom is -0.497 e. The van der Waals surface area contributed by atoms with Crippen LogP contribution in [0.15, 0.2) is 48.8 Å². The second-order valence-corrected chi connectivity index (χ2v) is 8.44. The van der Waals surface area contributed by atoms with E-state index in [1.807, 2.05) is 18.2 Å². The van der Waals surface area contributed by atoms with Crippen molar-refractivity contribution in [2.45, 2.75) is 37.8 Å². The van der Waals surface area contributed by atoms with E-state index >= 15 is 0 Å². The molecule has 2 aliphatic rings.